The zero-order valence-corrected chi connectivity index (χ0v) is 12.4. The maximum atomic E-state index is 12.5. The number of aromatic nitrogens is 2. The summed E-state index contributed by atoms with van der Waals surface area (Å²) in [4.78, 5) is 31.9. The van der Waals surface area contributed by atoms with Crippen LogP contribution in [0, 0.1) is 0 Å². The molecule has 0 spiro atoms. The summed E-state index contributed by atoms with van der Waals surface area (Å²) in [5.41, 5.74) is 0.0759. The van der Waals surface area contributed by atoms with Gasteiger partial charge in [-0.1, -0.05) is 6.92 Å². The molecule has 1 aromatic carbocycles. The highest BCUT2D eigenvalue weighted by Gasteiger charge is 2.21. The summed E-state index contributed by atoms with van der Waals surface area (Å²) in [5.74, 6) is -0.629. The van der Waals surface area contributed by atoms with Crippen molar-refractivity contribution in [1.29, 1.82) is 0 Å². The lowest BCUT2D eigenvalue weighted by molar-refractivity contribution is 0.0685. The SMILES string of the molecule is CCCc1ncc(C(=O)c2ccc(OC)cc2)c(C(=O)O)n1. The van der Waals surface area contributed by atoms with E-state index in [1.807, 2.05) is 6.92 Å². The van der Waals surface area contributed by atoms with Gasteiger partial charge in [-0.3, -0.25) is 4.79 Å². The van der Waals surface area contributed by atoms with E-state index in [4.69, 9.17) is 4.74 Å². The first-order valence-electron chi connectivity index (χ1n) is 6.84. The van der Waals surface area contributed by atoms with E-state index in [-0.39, 0.29) is 11.3 Å². The van der Waals surface area contributed by atoms with Crippen molar-refractivity contribution in [3.05, 3.63) is 53.1 Å². The second-order valence-electron chi connectivity index (χ2n) is 4.66. The van der Waals surface area contributed by atoms with Crippen molar-refractivity contribution in [2.24, 2.45) is 0 Å². The van der Waals surface area contributed by atoms with Crippen molar-refractivity contribution in [1.82, 2.24) is 9.97 Å². The molecule has 0 saturated heterocycles. The summed E-state index contributed by atoms with van der Waals surface area (Å²) in [6.45, 7) is 1.94. The number of methoxy groups -OCH3 is 1. The number of carboxylic acid groups (broad SMARTS) is 1. The van der Waals surface area contributed by atoms with E-state index >= 15 is 0 Å². The zero-order valence-electron chi connectivity index (χ0n) is 12.4. The number of carbonyl (C=O) groups excluding carboxylic acids is 1. The number of aromatic carboxylic acids is 1. The second-order valence-corrected chi connectivity index (χ2v) is 4.66. The Morgan fingerprint density at radius 2 is 1.91 bits per heavy atom. The Kier molecular flexibility index (Phi) is 4.83. The molecule has 1 N–H and O–H groups in total. The van der Waals surface area contributed by atoms with Crippen LogP contribution < -0.4 is 4.74 Å². The van der Waals surface area contributed by atoms with Crippen molar-refractivity contribution in [2.75, 3.05) is 7.11 Å². The smallest absolute Gasteiger partial charge is 0.355 e. The van der Waals surface area contributed by atoms with Crippen LogP contribution in [-0.2, 0) is 6.42 Å². The first-order chi connectivity index (χ1) is 10.6. The standard InChI is InChI=1S/C16H16N2O4/c1-3-4-13-17-9-12(14(18-13)16(20)21)15(19)10-5-7-11(22-2)8-6-10/h5-9H,3-4H2,1-2H3,(H,20,21). The Balaban J connectivity index is 2.41. The van der Waals surface area contributed by atoms with Gasteiger partial charge in [0.25, 0.3) is 0 Å². The Morgan fingerprint density at radius 1 is 1.23 bits per heavy atom. The molecular weight excluding hydrogens is 284 g/mol. The van der Waals surface area contributed by atoms with Crippen LogP contribution in [-0.4, -0.2) is 33.9 Å². The minimum atomic E-state index is -1.24. The summed E-state index contributed by atoms with van der Waals surface area (Å²) in [6.07, 6.45) is 2.65. The first kappa shape index (κ1) is 15.6. The van der Waals surface area contributed by atoms with Crippen LogP contribution in [0.5, 0.6) is 5.75 Å². The van der Waals surface area contributed by atoms with E-state index in [0.717, 1.165) is 6.42 Å². The third-order valence-corrected chi connectivity index (χ3v) is 3.11. The number of carboxylic acids is 1. The van der Waals surface area contributed by atoms with Crippen molar-refractivity contribution in [2.45, 2.75) is 19.8 Å². The average Bonchev–Trinajstić information content (AvgIpc) is 2.54. The number of ketones is 1. The van der Waals surface area contributed by atoms with E-state index in [2.05, 4.69) is 9.97 Å². The topological polar surface area (TPSA) is 89.4 Å². The van der Waals surface area contributed by atoms with E-state index < -0.39 is 11.8 Å². The molecule has 1 aromatic heterocycles. The van der Waals surface area contributed by atoms with Gasteiger partial charge in [0.15, 0.2) is 11.5 Å². The molecule has 0 bridgehead atoms. The lowest BCUT2D eigenvalue weighted by atomic mass is 10.0. The molecule has 2 rings (SSSR count). The third-order valence-electron chi connectivity index (χ3n) is 3.11. The van der Waals surface area contributed by atoms with Crippen molar-refractivity contribution < 1.29 is 19.4 Å². The summed E-state index contributed by atoms with van der Waals surface area (Å²) in [6, 6.07) is 6.43. The van der Waals surface area contributed by atoms with Crippen LogP contribution in [0.4, 0.5) is 0 Å². The Labute approximate surface area is 127 Å². The molecule has 2 aromatic rings. The van der Waals surface area contributed by atoms with Gasteiger partial charge in [0.1, 0.15) is 11.6 Å². The number of rotatable bonds is 6. The van der Waals surface area contributed by atoms with Crippen LogP contribution in [0.1, 0.15) is 45.6 Å². The van der Waals surface area contributed by atoms with E-state index in [1.54, 1.807) is 24.3 Å². The Hall–Kier alpha value is -2.76. The molecule has 0 fully saturated rings. The fourth-order valence-corrected chi connectivity index (χ4v) is 1.99. The van der Waals surface area contributed by atoms with Gasteiger partial charge in [-0.2, -0.15) is 0 Å². The summed E-state index contributed by atoms with van der Waals surface area (Å²) >= 11 is 0. The van der Waals surface area contributed by atoms with Crippen LogP contribution in [0.2, 0.25) is 0 Å². The molecule has 22 heavy (non-hydrogen) atoms. The minimum absolute atomic E-state index is 0.0162. The third kappa shape index (κ3) is 3.28. The number of nitrogens with zero attached hydrogens (tertiary/aromatic N) is 2. The fourth-order valence-electron chi connectivity index (χ4n) is 1.99. The van der Waals surface area contributed by atoms with Gasteiger partial charge in [-0.25, -0.2) is 14.8 Å². The number of ether oxygens (including phenoxy) is 1. The lowest BCUT2D eigenvalue weighted by Gasteiger charge is -2.07. The van der Waals surface area contributed by atoms with Gasteiger partial charge >= 0.3 is 5.97 Å². The van der Waals surface area contributed by atoms with E-state index in [9.17, 15) is 14.7 Å². The molecule has 0 aliphatic heterocycles. The quantitative estimate of drug-likeness (QED) is 0.824. The van der Waals surface area contributed by atoms with Crippen LogP contribution in [0.25, 0.3) is 0 Å². The summed E-state index contributed by atoms with van der Waals surface area (Å²) in [5, 5.41) is 9.27. The fraction of sp³-hybridized carbons (Fsp3) is 0.250. The predicted octanol–water partition coefficient (Wildman–Crippen LogP) is 2.37. The molecule has 0 aliphatic carbocycles. The number of hydrogen-bond donors (Lipinski definition) is 1. The number of carbonyl (C=O) groups is 2. The number of benzene rings is 1. The van der Waals surface area contributed by atoms with Gasteiger partial charge in [-0.15, -0.1) is 0 Å². The molecule has 1 heterocycles. The van der Waals surface area contributed by atoms with Crippen molar-refractivity contribution >= 4 is 11.8 Å². The van der Waals surface area contributed by atoms with Gasteiger partial charge < -0.3 is 9.84 Å². The summed E-state index contributed by atoms with van der Waals surface area (Å²) in [7, 11) is 1.53. The number of aryl methyl sites for hydroxylation is 1. The van der Waals surface area contributed by atoms with Crippen LogP contribution in [0.3, 0.4) is 0 Å². The van der Waals surface area contributed by atoms with Gasteiger partial charge in [-0.05, 0) is 30.7 Å². The molecule has 0 amide bonds. The zero-order chi connectivity index (χ0) is 16.1. The molecule has 0 unspecified atom stereocenters. The second kappa shape index (κ2) is 6.80. The van der Waals surface area contributed by atoms with E-state index in [0.29, 0.717) is 23.6 Å². The molecule has 114 valence electrons. The Morgan fingerprint density at radius 3 is 2.45 bits per heavy atom. The van der Waals surface area contributed by atoms with Gasteiger partial charge in [0.2, 0.25) is 0 Å². The highest BCUT2D eigenvalue weighted by atomic mass is 16.5. The largest absolute Gasteiger partial charge is 0.497 e. The summed E-state index contributed by atoms with van der Waals surface area (Å²) < 4.78 is 5.03. The maximum Gasteiger partial charge on any atom is 0.355 e. The highest BCUT2D eigenvalue weighted by Crippen LogP contribution is 2.17. The van der Waals surface area contributed by atoms with Gasteiger partial charge in [0, 0.05) is 18.2 Å². The average molecular weight is 300 g/mol. The Bertz CT molecular complexity index is 696. The molecule has 6 nitrogen and oxygen atoms in total. The molecule has 0 radical (unpaired) electrons. The monoisotopic (exact) mass is 300 g/mol. The van der Waals surface area contributed by atoms with Crippen molar-refractivity contribution in [3.8, 4) is 5.75 Å². The molecule has 6 heteroatoms. The number of hydrogen-bond acceptors (Lipinski definition) is 5. The van der Waals surface area contributed by atoms with Crippen molar-refractivity contribution in [3.63, 3.8) is 0 Å². The predicted molar refractivity (Wildman–Crippen MR) is 79.4 cm³/mol. The van der Waals surface area contributed by atoms with E-state index in [1.165, 1.54) is 13.3 Å². The van der Waals surface area contributed by atoms with Crippen LogP contribution >= 0.6 is 0 Å². The molecule has 0 atom stereocenters. The minimum Gasteiger partial charge on any atom is -0.497 e. The first-order valence-corrected chi connectivity index (χ1v) is 6.84. The molecule has 0 aliphatic rings. The molecular formula is C16H16N2O4. The molecule has 0 saturated carbocycles. The van der Waals surface area contributed by atoms with Gasteiger partial charge in [0.05, 0.1) is 12.7 Å². The normalized spacial score (nSPS) is 10.3. The maximum absolute atomic E-state index is 12.5. The highest BCUT2D eigenvalue weighted by molar-refractivity contribution is 6.13. The van der Waals surface area contributed by atoms with Crippen LogP contribution in [0.15, 0.2) is 30.5 Å². The lowest BCUT2D eigenvalue weighted by Crippen LogP contribution is -2.14.